The van der Waals surface area contributed by atoms with Crippen LogP contribution in [0.4, 0.5) is 15.8 Å². The van der Waals surface area contributed by atoms with Gasteiger partial charge in [-0.25, -0.2) is 4.39 Å². The van der Waals surface area contributed by atoms with E-state index in [0.717, 1.165) is 5.56 Å². The normalized spacial score (nSPS) is 10.7. The molecule has 160 valence electrons. The van der Waals surface area contributed by atoms with E-state index in [-0.39, 0.29) is 12.2 Å². The fourth-order valence-electron chi connectivity index (χ4n) is 2.72. The van der Waals surface area contributed by atoms with E-state index in [0.29, 0.717) is 22.7 Å². The van der Waals surface area contributed by atoms with Gasteiger partial charge in [0.25, 0.3) is 11.8 Å². The number of hydrogen-bond donors (Lipinski definition) is 2. The summed E-state index contributed by atoms with van der Waals surface area (Å²) < 4.78 is 18.4. The lowest BCUT2D eigenvalue weighted by molar-refractivity contribution is -0.118. The molecule has 0 aromatic heterocycles. The first kappa shape index (κ1) is 22.2. The highest BCUT2D eigenvalue weighted by atomic mass is 19.1. The largest absolute Gasteiger partial charge is 0.484 e. The van der Waals surface area contributed by atoms with Crippen molar-refractivity contribution in [3.8, 4) is 11.8 Å². The van der Waals surface area contributed by atoms with Crippen LogP contribution in [0.1, 0.15) is 11.1 Å². The summed E-state index contributed by atoms with van der Waals surface area (Å²) in [6.45, 7) is 1.68. The number of nitrogens with one attached hydrogen (secondary N) is 2. The molecule has 0 saturated carbocycles. The Labute approximate surface area is 185 Å². The molecule has 0 heterocycles. The van der Waals surface area contributed by atoms with Gasteiger partial charge >= 0.3 is 0 Å². The lowest BCUT2D eigenvalue weighted by Gasteiger charge is -2.08. The average Bonchev–Trinajstić information content (AvgIpc) is 2.79. The van der Waals surface area contributed by atoms with E-state index in [2.05, 4.69) is 10.6 Å². The number of nitrogens with zero attached hydrogens (tertiary/aromatic N) is 1. The van der Waals surface area contributed by atoms with E-state index in [1.165, 1.54) is 30.3 Å². The van der Waals surface area contributed by atoms with E-state index in [1.54, 1.807) is 36.4 Å². The topological polar surface area (TPSA) is 91.2 Å². The van der Waals surface area contributed by atoms with Gasteiger partial charge in [0.2, 0.25) is 0 Å². The maximum absolute atomic E-state index is 12.9. The van der Waals surface area contributed by atoms with Crippen molar-refractivity contribution >= 4 is 29.3 Å². The maximum Gasteiger partial charge on any atom is 0.266 e. The predicted molar refractivity (Wildman–Crippen MR) is 120 cm³/mol. The predicted octanol–water partition coefficient (Wildman–Crippen LogP) is 4.70. The lowest BCUT2D eigenvalue weighted by Crippen LogP contribution is -2.20. The Morgan fingerprint density at radius 1 is 1.00 bits per heavy atom. The number of amides is 2. The van der Waals surface area contributed by atoms with Crippen LogP contribution in [0.25, 0.3) is 6.08 Å². The summed E-state index contributed by atoms with van der Waals surface area (Å²) in [5.74, 6) is -0.938. The molecule has 3 rings (SSSR count). The molecule has 0 aliphatic heterocycles. The number of rotatable bonds is 7. The molecule has 3 aromatic rings. The highest BCUT2D eigenvalue weighted by Gasteiger charge is 2.10. The summed E-state index contributed by atoms with van der Waals surface area (Å²) in [5.41, 5.74) is 2.59. The van der Waals surface area contributed by atoms with E-state index in [4.69, 9.17) is 4.74 Å². The maximum atomic E-state index is 12.9. The molecular weight excluding hydrogens is 409 g/mol. The van der Waals surface area contributed by atoms with Crippen LogP contribution >= 0.6 is 0 Å². The molecule has 2 amide bonds. The zero-order valence-corrected chi connectivity index (χ0v) is 17.3. The molecule has 3 aromatic carbocycles. The van der Waals surface area contributed by atoms with Gasteiger partial charge in [0.1, 0.15) is 23.2 Å². The monoisotopic (exact) mass is 429 g/mol. The Morgan fingerprint density at radius 2 is 1.66 bits per heavy atom. The Kier molecular flexibility index (Phi) is 7.33. The van der Waals surface area contributed by atoms with Crippen molar-refractivity contribution < 1.29 is 18.7 Å². The van der Waals surface area contributed by atoms with Crippen molar-refractivity contribution in [2.24, 2.45) is 0 Å². The molecular formula is C25H20FN3O3. The van der Waals surface area contributed by atoms with Crippen molar-refractivity contribution in [3.05, 3.63) is 95.3 Å². The number of hydrogen-bond acceptors (Lipinski definition) is 4. The van der Waals surface area contributed by atoms with E-state index >= 15 is 0 Å². The van der Waals surface area contributed by atoms with Crippen LogP contribution in [0.2, 0.25) is 0 Å². The molecule has 2 N–H and O–H groups in total. The third-order valence-corrected chi connectivity index (χ3v) is 4.34. The number of halogens is 1. The highest BCUT2D eigenvalue weighted by molar-refractivity contribution is 6.09. The zero-order chi connectivity index (χ0) is 22.9. The fraction of sp³-hybridized carbons (Fsp3) is 0.0800. The summed E-state index contributed by atoms with van der Waals surface area (Å²) in [5, 5.41) is 14.7. The van der Waals surface area contributed by atoms with Crippen molar-refractivity contribution in [1.29, 1.82) is 5.26 Å². The van der Waals surface area contributed by atoms with Crippen LogP contribution in [-0.2, 0) is 9.59 Å². The van der Waals surface area contributed by atoms with Crippen LogP contribution in [0.15, 0.2) is 78.4 Å². The van der Waals surface area contributed by atoms with Gasteiger partial charge < -0.3 is 15.4 Å². The molecule has 32 heavy (non-hydrogen) atoms. The second kappa shape index (κ2) is 10.5. The quantitative estimate of drug-likeness (QED) is 0.421. The molecule has 0 aliphatic rings. The first-order valence-electron chi connectivity index (χ1n) is 9.71. The summed E-state index contributed by atoms with van der Waals surface area (Å²) in [4.78, 5) is 24.4. The second-order valence-electron chi connectivity index (χ2n) is 6.91. The number of ether oxygens (including phenoxy) is 1. The summed E-state index contributed by atoms with van der Waals surface area (Å²) in [6, 6.07) is 21.2. The number of nitriles is 1. The summed E-state index contributed by atoms with van der Waals surface area (Å²) in [7, 11) is 0. The second-order valence-corrected chi connectivity index (χ2v) is 6.91. The van der Waals surface area contributed by atoms with E-state index in [1.807, 2.05) is 25.1 Å². The van der Waals surface area contributed by atoms with E-state index < -0.39 is 17.6 Å². The van der Waals surface area contributed by atoms with Gasteiger partial charge in [-0.1, -0.05) is 29.8 Å². The van der Waals surface area contributed by atoms with Gasteiger partial charge in [0, 0.05) is 11.4 Å². The molecule has 0 saturated heterocycles. The number of benzene rings is 3. The van der Waals surface area contributed by atoms with Gasteiger partial charge in [-0.3, -0.25) is 9.59 Å². The molecule has 0 unspecified atom stereocenters. The van der Waals surface area contributed by atoms with Gasteiger partial charge in [-0.15, -0.1) is 0 Å². The molecule has 0 spiro atoms. The molecule has 7 heteroatoms. The summed E-state index contributed by atoms with van der Waals surface area (Å²) in [6.07, 6.45) is 1.44. The van der Waals surface area contributed by atoms with Crippen molar-refractivity contribution in [1.82, 2.24) is 0 Å². The van der Waals surface area contributed by atoms with Crippen LogP contribution in [-0.4, -0.2) is 18.4 Å². The Bertz CT molecular complexity index is 1180. The van der Waals surface area contributed by atoms with Crippen LogP contribution < -0.4 is 15.4 Å². The van der Waals surface area contributed by atoms with Crippen LogP contribution in [0.5, 0.6) is 5.75 Å². The molecule has 0 atom stereocenters. The number of carbonyl (C=O) groups excluding carboxylic acids is 2. The molecule has 0 aliphatic carbocycles. The lowest BCUT2D eigenvalue weighted by atomic mass is 10.1. The molecule has 6 nitrogen and oxygen atoms in total. The van der Waals surface area contributed by atoms with Gasteiger partial charge in [0.05, 0.1) is 0 Å². The smallest absolute Gasteiger partial charge is 0.266 e. The SMILES string of the molecule is Cc1ccc(NC(=O)C(C#N)=Cc2cccc(OCC(=O)Nc3ccc(F)cc3)c2)cc1. The van der Waals surface area contributed by atoms with Crippen molar-refractivity contribution in [2.45, 2.75) is 6.92 Å². The molecule has 0 bridgehead atoms. The number of anilines is 2. The fourth-order valence-corrected chi connectivity index (χ4v) is 2.72. The third-order valence-electron chi connectivity index (χ3n) is 4.34. The van der Waals surface area contributed by atoms with Crippen molar-refractivity contribution in [3.63, 3.8) is 0 Å². The van der Waals surface area contributed by atoms with Gasteiger partial charge in [0.15, 0.2) is 6.61 Å². The highest BCUT2D eigenvalue weighted by Crippen LogP contribution is 2.17. The Morgan fingerprint density at radius 3 is 2.34 bits per heavy atom. The first-order valence-corrected chi connectivity index (χ1v) is 9.71. The standard InChI is InChI=1S/C25H20FN3O3/c1-17-5-9-22(10-6-17)29-25(31)19(15-27)13-18-3-2-4-23(14-18)32-16-24(30)28-21-11-7-20(26)8-12-21/h2-14H,16H2,1H3,(H,28,30)(H,29,31). The van der Waals surface area contributed by atoms with E-state index in [9.17, 15) is 19.2 Å². The van der Waals surface area contributed by atoms with Gasteiger partial charge in [-0.05, 0) is 67.1 Å². The third kappa shape index (κ3) is 6.54. The first-order chi connectivity index (χ1) is 15.4. The zero-order valence-electron chi connectivity index (χ0n) is 17.3. The minimum atomic E-state index is -0.527. The van der Waals surface area contributed by atoms with Gasteiger partial charge in [-0.2, -0.15) is 5.26 Å². The minimum Gasteiger partial charge on any atom is -0.484 e. The summed E-state index contributed by atoms with van der Waals surface area (Å²) >= 11 is 0. The molecule has 0 radical (unpaired) electrons. The van der Waals surface area contributed by atoms with Crippen molar-refractivity contribution in [2.75, 3.05) is 17.2 Å². The average molecular weight is 429 g/mol. The number of aryl methyl sites for hydroxylation is 1. The number of carbonyl (C=O) groups is 2. The Hall–Kier alpha value is -4.44. The Balaban J connectivity index is 1.62. The molecule has 0 fully saturated rings. The minimum absolute atomic E-state index is 0.0724. The van der Waals surface area contributed by atoms with Crippen LogP contribution in [0.3, 0.4) is 0 Å². The van der Waals surface area contributed by atoms with Crippen LogP contribution in [0, 0.1) is 24.1 Å².